The predicted molar refractivity (Wildman–Crippen MR) is 149 cm³/mol. The van der Waals surface area contributed by atoms with E-state index in [0.29, 0.717) is 11.1 Å². The number of nitrogens with one attached hydrogen (secondary N) is 1. The van der Waals surface area contributed by atoms with Crippen LogP contribution in [-0.4, -0.2) is 50.4 Å². The topological polar surface area (TPSA) is 84.8 Å². The molecule has 0 radical (unpaired) electrons. The van der Waals surface area contributed by atoms with E-state index >= 15 is 0 Å². The zero-order chi connectivity index (χ0) is 27.6. The Bertz CT molecular complexity index is 1320. The second kappa shape index (κ2) is 10.9. The summed E-state index contributed by atoms with van der Waals surface area (Å²) in [6.45, 7) is 14.4. The number of benzene rings is 2. The van der Waals surface area contributed by atoms with E-state index in [0.717, 1.165) is 35.5 Å². The predicted octanol–water partition coefficient (Wildman–Crippen LogP) is 5.59. The lowest BCUT2D eigenvalue weighted by Crippen LogP contribution is -2.40. The third kappa shape index (κ3) is 6.20. The van der Waals surface area contributed by atoms with Crippen LogP contribution in [0.25, 0.3) is 16.8 Å². The van der Waals surface area contributed by atoms with E-state index < -0.39 is 15.6 Å². The number of esters is 1. The molecule has 1 unspecified atom stereocenters. The average Bonchev–Trinajstić information content (AvgIpc) is 3.11. The van der Waals surface area contributed by atoms with Crippen molar-refractivity contribution in [3.05, 3.63) is 59.7 Å². The van der Waals surface area contributed by atoms with Crippen LogP contribution < -0.4 is 4.72 Å². The maximum atomic E-state index is 13.2. The number of carbonyl (C=O) groups excluding carboxylic acids is 1. The van der Waals surface area contributed by atoms with Gasteiger partial charge in [0.05, 0.1) is 18.6 Å². The third-order valence-electron chi connectivity index (χ3n) is 6.08. The fraction of sp³-hybridized carbons (Fsp3) is 0.448. The van der Waals surface area contributed by atoms with Gasteiger partial charge in [-0.05, 0) is 57.9 Å². The lowest BCUT2D eigenvalue weighted by molar-refractivity contribution is -0.844. The third-order valence-corrected chi connectivity index (χ3v) is 7.89. The quantitative estimate of drug-likeness (QED) is 0.341. The highest BCUT2D eigenvalue weighted by Gasteiger charge is 2.44. The van der Waals surface area contributed by atoms with Gasteiger partial charge in [-0.15, -0.1) is 0 Å². The summed E-state index contributed by atoms with van der Waals surface area (Å²) in [6, 6.07) is 14.7. The van der Waals surface area contributed by atoms with E-state index in [1.807, 2.05) is 78.1 Å². The molecule has 0 saturated carbocycles. The van der Waals surface area contributed by atoms with E-state index in [2.05, 4.69) is 11.6 Å². The summed E-state index contributed by atoms with van der Waals surface area (Å²) in [5.41, 5.74) is 3.72. The van der Waals surface area contributed by atoms with Crippen LogP contribution in [-0.2, 0) is 19.6 Å². The van der Waals surface area contributed by atoms with E-state index in [1.165, 1.54) is 0 Å². The smallest absolute Gasteiger partial charge is 0.346 e. The molecule has 37 heavy (non-hydrogen) atoms. The number of hydrogen-bond acceptors (Lipinski definition) is 5. The summed E-state index contributed by atoms with van der Waals surface area (Å²) in [7, 11) is -1.72. The molecule has 0 aromatic heterocycles. The Morgan fingerprint density at radius 3 is 2.16 bits per heavy atom. The number of rotatable bonds is 9. The minimum atomic E-state index is -3.73. The molecule has 0 spiro atoms. The lowest BCUT2D eigenvalue weighted by atomic mass is 9.95. The van der Waals surface area contributed by atoms with E-state index in [4.69, 9.17) is 9.84 Å². The fourth-order valence-corrected chi connectivity index (χ4v) is 6.38. The van der Waals surface area contributed by atoms with Crippen molar-refractivity contribution in [2.75, 3.05) is 20.2 Å². The monoisotopic (exact) mass is 526 g/mol. The minimum absolute atomic E-state index is 0.0536. The van der Waals surface area contributed by atoms with Crippen molar-refractivity contribution in [1.29, 1.82) is 0 Å². The summed E-state index contributed by atoms with van der Waals surface area (Å²) in [5.74, 6) is -0.311. The molecule has 7 nitrogen and oxygen atoms in total. The standard InChI is InChI=1S/C29H40N3O4S/c1-9-19-32(8)27(25(28(33)36-10-2)26(30-32)20(3)4)22-17-15-21(16-18-22)23-13-11-12-14-24(23)37(34,35)31-29(5,6)7/h11-18,20,31H,9-10,19H2,1-8H3/q+1. The summed E-state index contributed by atoms with van der Waals surface area (Å²) in [6.07, 6.45) is 0.884. The van der Waals surface area contributed by atoms with Gasteiger partial charge >= 0.3 is 5.97 Å². The zero-order valence-corrected chi connectivity index (χ0v) is 24.1. The SMILES string of the molecule is CCC[N+]1(C)N=C(C(C)C)C(C(=O)OCC)=C1c1ccc(-c2ccccc2S(=O)(=O)NC(C)(C)C)cc1. The van der Waals surface area contributed by atoms with Crippen molar-refractivity contribution >= 4 is 27.4 Å². The number of sulfonamides is 1. The molecule has 2 aromatic rings. The second-order valence-corrected chi connectivity index (χ2v) is 12.5. The minimum Gasteiger partial charge on any atom is -0.462 e. The molecule has 3 rings (SSSR count). The fourth-order valence-electron chi connectivity index (χ4n) is 4.73. The first kappa shape index (κ1) is 28.8. The molecule has 1 heterocycles. The Morgan fingerprint density at radius 2 is 1.62 bits per heavy atom. The molecule has 2 aromatic carbocycles. The Balaban J connectivity index is 2.15. The van der Waals surface area contributed by atoms with Crippen molar-refractivity contribution in [1.82, 2.24) is 4.72 Å². The summed E-state index contributed by atoms with van der Waals surface area (Å²) >= 11 is 0. The van der Waals surface area contributed by atoms with Crippen LogP contribution in [0.5, 0.6) is 0 Å². The van der Waals surface area contributed by atoms with E-state index in [-0.39, 0.29) is 28.0 Å². The molecule has 200 valence electrons. The van der Waals surface area contributed by atoms with Crippen molar-refractivity contribution in [3.63, 3.8) is 0 Å². The van der Waals surface area contributed by atoms with Gasteiger partial charge in [-0.2, -0.15) is 4.59 Å². The first-order valence-electron chi connectivity index (χ1n) is 12.9. The van der Waals surface area contributed by atoms with Crippen LogP contribution >= 0.6 is 0 Å². The van der Waals surface area contributed by atoms with Crippen LogP contribution in [0.3, 0.4) is 0 Å². The number of hydrogen-bond donors (Lipinski definition) is 1. The number of quaternary nitrogens is 1. The highest BCUT2D eigenvalue weighted by Crippen LogP contribution is 2.39. The molecule has 8 heteroatoms. The molecule has 0 saturated heterocycles. The van der Waals surface area contributed by atoms with Crippen molar-refractivity contribution in [2.24, 2.45) is 11.0 Å². The Morgan fingerprint density at radius 1 is 1.03 bits per heavy atom. The highest BCUT2D eigenvalue weighted by molar-refractivity contribution is 7.89. The van der Waals surface area contributed by atoms with Gasteiger partial charge in [0.1, 0.15) is 12.3 Å². The Kier molecular flexibility index (Phi) is 8.47. The van der Waals surface area contributed by atoms with Gasteiger partial charge in [0.2, 0.25) is 10.0 Å². The van der Waals surface area contributed by atoms with E-state index in [9.17, 15) is 13.2 Å². The van der Waals surface area contributed by atoms with Gasteiger partial charge in [-0.1, -0.05) is 56.2 Å². The maximum Gasteiger partial charge on any atom is 0.346 e. The second-order valence-electron chi connectivity index (χ2n) is 10.9. The molecule has 0 fully saturated rings. The first-order chi connectivity index (χ1) is 17.2. The van der Waals surface area contributed by atoms with Crippen LogP contribution in [0, 0.1) is 5.92 Å². The molecule has 0 aliphatic carbocycles. The first-order valence-corrected chi connectivity index (χ1v) is 14.3. The van der Waals surface area contributed by atoms with Crippen molar-refractivity contribution in [3.8, 4) is 11.1 Å². The normalized spacial score (nSPS) is 18.4. The Hall–Kier alpha value is -2.81. The molecule has 0 bridgehead atoms. The Labute approximate surface area is 221 Å². The van der Waals surface area contributed by atoms with Crippen LogP contribution in [0.4, 0.5) is 0 Å². The van der Waals surface area contributed by atoms with Gasteiger partial charge in [-0.25, -0.2) is 17.9 Å². The van der Waals surface area contributed by atoms with Gasteiger partial charge in [0, 0.05) is 22.6 Å². The van der Waals surface area contributed by atoms with Gasteiger partial charge in [-0.3, -0.25) is 0 Å². The van der Waals surface area contributed by atoms with Crippen molar-refractivity contribution in [2.45, 2.75) is 65.3 Å². The molecule has 0 amide bonds. The average molecular weight is 527 g/mol. The molecular formula is C29H40N3O4S+. The number of ether oxygens (including phenoxy) is 1. The number of nitrogens with zero attached hydrogens (tertiary/aromatic N) is 2. The van der Waals surface area contributed by atoms with Crippen LogP contribution in [0.15, 0.2) is 64.1 Å². The molecule has 1 aliphatic heterocycles. The summed E-state index contributed by atoms with van der Waals surface area (Å²) in [4.78, 5) is 13.4. The molecule has 1 aliphatic rings. The molecule has 1 atom stereocenters. The summed E-state index contributed by atoms with van der Waals surface area (Å²) in [5, 5.41) is 5.00. The molecular weight excluding hydrogens is 486 g/mol. The summed E-state index contributed by atoms with van der Waals surface area (Å²) < 4.78 is 34.8. The van der Waals surface area contributed by atoms with Gasteiger partial charge in [0.25, 0.3) is 0 Å². The van der Waals surface area contributed by atoms with E-state index in [1.54, 1.807) is 19.1 Å². The van der Waals surface area contributed by atoms with Crippen molar-refractivity contribution < 1.29 is 22.5 Å². The number of carbonyl (C=O) groups is 1. The van der Waals surface area contributed by atoms with Crippen LogP contribution in [0.2, 0.25) is 0 Å². The van der Waals surface area contributed by atoms with Gasteiger partial charge in [0.15, 0.2) is 11.3 Å². The molecule has 1 N–H and O–H groups in total. The lowest BCUT2D eigenvalue weighted by Gasteiger charge is -2.26. The zero-order valence-electron chi connectivity index (χ0n) is 23.3. The van der Waals surface area contributed by atoms with Crippen LogP contribution in [0.1, 0.15) is 60.5 Å². The largest absolute Gasteiger partial charge is 0.462 e. The maximum absolute atomic E-state index is 13.2. The highest BCUT2D eigenvalue weighted by atomic mass is 32.2. The van der Waals surface area contributed by atoms with Gasteiger partial charge < -0.3 is 4.74 Å².